The monoisotopic (exact) mass is 405 g/mol. The lowest BCUT2D eigenvalue weighted by Crippen LogP contribution is -2.47. The molecule has 1 heterocycles. The Morgan fingerprint density at radius 1 is 1.18 bits per heavy atom. The van der Waals surface area contributed by atoms with Gasteiger partial charge in [-0.25, -0.2) is 4.39 Å². The molecule has 0 spiro atoms. The number of nitrogens with zero attached hydrogens (tertiary/aromatic N) is 3. The Bertz CT molecular complexity index is 807. The highest BCUT2D eigenvalue weighted by molar-refractivity contribution is 6.32. The predicted molar refractivity (Wildman–Crippen MR) is 113 cm³/mol. The molecular formula is C20H25ClFN5O. The van der Waals surface area contributed by atoms with Crippen molar-refractivity contribution in [3.05, 3.63) is 53.3 Å². The molecule has 6 nitrogen and oxygen atoms in total. The molecule has 0 aromatic heterocycles. The van der Waals surface area contributed by atoms with Crippen LogP contribution in [0.25, 0.3) is 0 Å². The number of piperazine rings is 1. The highest BCUT2D eigenvalue weighted by Crippen LogP contribution is 2.27. The molecule has 150 valence electrons. The van der Waals surface area contributed by atoms with Crippen molar-refractivity contribution in [2.24, 2.45) is 10.7 Å². The fraction of sp³-hybridized carbons (Fsp3) is 0.350. The summed E-state index contributed by atoms with van der Waals surface area (Å²) in [4.78, 5) is 9.00. The first-order chi connectivity index (χ1) is 13.5. The molecular weight excluding hydrogens is 381 g/mol. The third-order valence-electron chi connectivity index (χ3n) is 4.69. The minimum Gasteiger partial charge on any atom is -0.495 e. The van der Waals surface area contributed by atoms with Gasteiger partial charge in [0, 0.05) is 44.1 Å². The van der Waals surface area contributed by atoms with Crippen molar-refractivity contribution in [3.8, 4) is 5.75 Å². The zero-order valence-electron chi connectivity index (χ0n) is 15.9. The number of ether oxygens (including phenoxy) is 1. The maximum Gasteiger partial charge on any atom is 0.193 e. The minimum atomic E-state index is -0.205. The lowest BCUT2D eigenvalue weighted by molar-refractivity contribution is 0.265. The van der Waals surface area contributed by atoms with Gasteiger partial charge < -0.3 is 20.7 Å². The molecule has 1 aliphatic heterocycles. The average Bonchev–Trinajstić information content (AvgIpc) is 2.69. The molecule has 8 heteroatoms. The summed E-state index contributed by atoms with van der Waals surface area (Å²) in [5, 5.41) is 3.55. The van der Waals surface area contributed by atoms with Crippen LogP contribution in [0.3, 0.4) is 0 Å². The number of methoxy groups -OCH3 is 1. The van der Waals surface area contributed by atoms with Crippen LogP contribution in [-0.4, -0.2) is 57.2 Å². The second-order valence-corrected chi connectivity index (χ2v) is 6.95. The van der Waals surface area contributed by atoms with Crippen LogP contribution in [0, 0.1) is 5.82 Å². The molecule has 1 saturated heterocycles. The van der Waals surface area contributed by atoms with Crippen LogP contribution in [0.2, 0.25) is 5.02 Å². The Balaban J connectivity index is 1.42. The van der Waals surface area contributed by atoms with Gasteiger partial charge in [-0.3, -0.25) is 9.89 Å². The van der Waals surface area contributed by atoms with E-state index in [1.54, 1.807) is 19.2 Å². The third-order valence-corrected chi connectivity index (χ3v) is 4.98. The highest BCUT2D eigenvalue weighted by Gasteiger charge is 2.16. The first-order valence-electron chi connectivity index (χ1n) is 9.18. The molecule has 1 fully saturated rings. The summed E-state index contributed by atoms with van der Waals surface area (Å²) in [5.74, 6) is 0.761. The number of aliphatic imine (C=N–C) groups is 1. The van der Waals surface area contributed by atoms with E-state index in [4.69, 9.17) is 22.1 Å². The number of halogens is 2. The minimum absolute atomic E-state index is 0.205. The molecule has 1 aliphatic rings. The van der Waals surface area contributed by atoms with Gasteiger partial charge in [0.1, 0.15) is 11.6 Å². The summed E-state index contributed by atoms with van der Waals surface area (Å²) < 4.78 is 18.2. The highest BCUT2D eigenvalue weighted by atomic mass is 35.5. The molecule has 0 aliphatic carbocycles. The lowest BCUT2D eigenvalue weighted by atomic mass is 10.2. The summed E-state index contributed by atoms with van der Waals surface area (Å²) in [6.07, 6.45) is 0. The van der Waals surface area contributed by atoms with Gasteiger partial charge in [0.05, 0.1) is 18.7 Å². The molecule has 2 aromatic carbocycles. The van der Waals surface area contributed by atoms with E-state index in [-0.39, 0.29) is 5.82 Å². The van der Waals surface area contributed by atoms with E-state index in [1.807, 2.05) is 18.2 Å². The van der Waals surface area contributed by atoms with E-state index in [2.05, 4.69) is 20.1 Å². The normalized spacial score (nSPS) is 15.5. The van der Waals surface area contributed by atoms with E-state index in [0.29, 0.717) is 23.3 Å². The molecule has 0 unspecified atom stereocenters. The topological polar surface area (TPSA) is 66.1 Å². The second kappa shape index (κ2) is 9.61. The van der Waals surface area contributed by atoms with Crippen LogP contribution in [0.4, 0.5) is 15.8 Å². The predicted octanol–water partition coefficient (Wildman–Crippen LogP) is 3.04. The Labute approximate surface area is 169 Å². The molecule has 3 N–H and O–H groups in total. The van der Waals surface area contributed by atoms with E-state index < -0.39 is 0 Å². The second-order valence-electron chi connectivity index (χ2n) is 6.55. The number of guanidine groups is 1. The number of rotatable bonds is 6. The number of anilines is 2. The Hall–Kier alpha value is -2.51. The largest absolute Gasteiger partial charge is 0.495 e. The van der Waals surface area contributed by atoms with Gasteiger partial charge in [-0.15, -0.1) is 0 Å². The van der Waals surface area contributed by atoms with Crippen LogP contribution in [0.5, 0.6) is 5.75 Å². The lowest BCUT2D eigenvalue weighted by Gasteiger charge is -2.35. The number of benzene rings is 2. The maximum atomic E-state index is 13.0. The molecule has 28 heavy (non-hydrogen) atoms. The van der Waals surface area contributed by atoms with Gasteiger partial charge in [-0.2, -0.15) is 0 Å². The van der Waals surface area contributed by atoms with Crippen molar-refractivity contribution >= 4 is 28.9 Å². The van der Waals surface area contributed by atoms with Crippen molar-refractivity contribution in [1.82, 2.24) is 4.90 Å². The number of nitrogens with two attached hydrogens (primary N) is 1. The summed E-state index contributed by atoms with van der Waals surface area (Å²) in [6.45, 7) is 5.14. The fourth-order valence-corrected chi connectivity index (χ4v) is 3.38. The number of hydrogen-bond donors (Lipinski definition) is 2. The van der Waals surface area contributed by atoms with Crippen molar-refractivity contribution < 1.29 is 9.13 Å². The zero-order valence-corrected chi connectivity index (χ0v) is 16.6. The molecule has 0 amide bonds. The Morgan fingerprint density at radius 2 is 1.89 bits per heavy atom. The van der Waals surface area contributed by atoms with Crippen molar-refractivity contribution in [1.29, 1.82) is 0 Å². The van der Waals surface area contributed by atoms with Crippen molar-refractivity contribution in [3.63, 3.8) is 0 Å². The average molecular weight is 406 g/mol. The van der Waals surface area contributed by atoms with Gasteiger partial charge in [0.15, 0.2) is 5.96 Å². The van der Waals surface area contributed by atoms with Gasteiger partial charge in [-0.1, -0.05) is 11.6 Å². The van der Waals surface area contributed by atoms with E-state index in [9.17, 15) is 4.39 Å². The van der Waals surface area contributed by atoms with Crippen LogP contribution in [0.15, 0.2) is 47.5 Å². The first-order valence-corrected chi connectivity index (χ1v) is 9.56. The van der Waals surface area contributed by atoms with Gasteiger partial charge in [-0.05, 0) is 42.5 Å². The summed E-state index contributed by atoms with van der Waals surface area (Å²) in [5.41, 5.74) is 7.78. The van der Waals surface area contributed by atoms with Gasteiger partial charge in [0.25, 0.3) is 0 Å². The fourth-order valence-electron chi connectivity index (χ4n) is 3.13. The summed E-state index contributed by atoms with van der Waals surface area (Å²) in [6, 6.07) is 12.0. The SMILES string of the molecule is COc1ccc(NC(N)=NCCN2CCN(c3ccc(F)cc3)CC2)cc1Cl. The van der Waals surface area contributed by atoms with E-state index in [0.717, 1.165) is 44.1 Å². The van der Waals surface area contributed by atoms with E-state index >= 15 is 0 Å². The van der Waals surface area contributed by atoms with Crippen molar-refractivity contribution in [2.45, 2.75) is 0 Å². The van der Waals surface area contributed by atoms with E-state index in [1.165, 1.54) is 12.1 Å². The first kappa shape index (κ1) is 20.2. The number of nitrogens with one attached hydrogen (secondary N) is 1. The third kappa shape index (κ3) is 5.50. The maximum absolute atomic E-state index is 13.0. The molecule has 3 rings (SSSR count). The van der Waals surface area contributed by atoms with Crippen LogP contribution in [-0.2, 0) is 0 Å². The quantitative estimate of drug-likeness (QED) is 0.571. The molecule has 0 bridgehead atoms. The summed E-state index contributed by atoms with van der Waals surface area (Å²) >= 11 is 6.11. The van der Waals surface area contributed by atoms with Crippen LogP contribution in [0.1, 0.15) is 0 Å². The Kier molecular flexibility index (Phi) is 6.95. The van der Waals surface area contributed by atoms with Gasteiger partial charge >= 0.3 is 0 Å². The number of hydrogen-bond acceptors (Lipinski definition) is 4. The van der Waals surface area contributed by atoms with Gasteiger partial charge in [0.2, 0.25) is 0 Å². The van der Waals surface area contributed by atoms with Crippen molar-refractivity contribution in [2.75, 3.05) is 56.6 Å². The molecule has 0 saturated carbocycles. The molecule has 2 aromatic rings. The molecule has 0 radical (unpaired) electrons. The zero-order chi connectivity index (χ0) is 19.9. The Morgan fingerprint density at radius 3 is 2.54 bits per heavy atom. The smallest absolute Gasteiger partial charge is 0.193 e. The standard InChI is InChI=1S/C20H25ClFN5O/c1-28-19-7-4-16(14-18(19)21)25-20(23)24-8-9-26-10-12-27(13-11-26)17-5-2-15(22)3-6-17/h2-7,14H,8-13H2,1H3,(H3,23,24,25). The van der Waals surface area contributed by atoms with Crippen LogP contribution >= 0.6 is 11.6 Å². The molecule has 0 atom stereocenters. The summed E-state index contributed by atoms with van der Waals surface area (Å²) in [7, 11) is 1.57. The van der Waals surface area contributed by atoms with Crippen LogP contribution < -0.4 is 20.7 Å².